The summed E-state index contributed by atoms with van der Waals surface area (Å²) in [7, 11) is 1.79. The van der Waals surface area contributed by atoms with Gasteiger partial charge in [-0.05, 0) is 33.7 Å². The van der Waals surface area contributed by atoms with Crippen molar-refractivity contribution in [2.45, 2.75) is 51.2 Å². The summed E-state index contributed by atoms with van der Waals surface area (Å²) in [6, 6.07) is -0.203. The van der Waals surface area contributed by atoms with Crippen LogP contribution in [-0.2, 0) is 9.59 Å². The van der Waals surface area contributed by atoms with Crippen molar-refractivity contribution in [2.24, 2.45) is 5.92 Å². The zero-order chi connectivity index (χ0) is 11.9. The van der Waals surface area contributed by atoms with Crippen LogP contribution >= 0.6 is 0 Å². The van der Waals surface area contributed by atoms with Gasteiger partial charge in [-0.25, -0.2) is 0 Å². The van der Waals surface area contributed by atoms with Crippen molar-refractivity contribution in [1.29, 1.82) is 0 Å². The molecule has 3 atom stereocenters. The number of ketones is 1. The van der Waals surface area contributed by atoms with E-state index >= 15 is 0 Å². The minimum atomic E-state index is -0.239. The number of likely N-dealkylation sites (N-methyl/N-ethyl adjacent to an activating group) is 1. The number of likely N-dealkylation sites (tertiary alicyclic amines) is 1. The van der Waals surface area contributed by atoms with E-state index in [-0.39, 0.29) is 35.7 Å². The highest BCUT2D eigenvalue weighted by molar-refractivity contribution is 5.96. The minimum Gasteiger partial charge on any atom is -0.327 e. The number of hydrogen-bond acceptors (Lipinski definition) is 3. The van der Waals surface area contributed by atoms with Gasteiger partial charge in [0.15, 0.2) is 5.78 Å². The normalized spacial score (nSPS) is 31.9. The first-order chi connectivity index (χ1) is 7.57. The van der Waals surface area contributed by atoms with E-state index < -0.39 is 0 Å². The highest BCUT2D eigenvalue weighted by atomic mass is 16.2. The number of nitrogens with one attached hydrogen (secondary N) is 1. The molecule has 1 aliphatic heterocycles. The van der Waals surface area contributed by atoms with Crippen LogP contribution in [0.2, 0.25) is 0 Å². The number of rotatable bonds is 4. The molecular formula is C12H20N2O2. The van der Waals surface area contributed by atoms with Crippen LogP contribution in [-0.4, -0.2) is 41.8 Å². The molecule has 3 unspecified atom stereocenters. The third-order valence-electron chi connectivity index (χ3n) is 4.09. The van der Waals surface area contributed by atoms with Crippen LogP contribution in [0.5, 0.6) is 0 Å². The van der Waals surface area contributed by atoms with E-state index in [1.807, 2.05) is 13.8 Å². The fourth-order valence-electron chi connectivity index (χ4n) is 2.73. The average Bonchev–Trinajstić information content (AvgIpc) is 2.16. The fraction of sp³-hybridized carbons (Fsp3) is 0.833. The van der Waals surface area contributed by atoms with Crippen molar-refractivity contribution in [3.8, 4) is 0 Å². The Labute approximate surface area is 96.4 Å². The molecule has 0 bridgehead atoms. The first-order valence-electron chi connectivity index (χ1n) is 6.11. The van der Waals surface area contributed by atoms with Gasteiger partial charge in [0.1, 0.15) is 6.04 Å². The maximum absolute atomic E-state index is 12.0. The summed E-state index contributed by atoms with van der Waals surface area (Å²) in [5.74, 6) is 0.528. The van der Waals surface area contributed by atoms with E-state index in [1.165, 1.54) is 0 Å². The largest absolute Gasteiger partial charge is 0.327 e. The Morgan fingerprint density at radius 2 is 2.12 bits per heavy atom. The van der Waals surface area contributed by atoms with Crippen LogP contribution in [0.1, 0.15) is 33.1 Å². The zero-order valence-electron chi connectivity index (χ0n) is 10.2. The van der Waals surface area contributed by atoms with Crippen LogP contribution in [0.25, 0.3) is 0 Å². The van der Waals surface area contributed by atoms with Gasteiger partial charge in [0.05, 0.1) is 12.1 Å². The Kier molecular flexibility index (Phi) is 3.02. The summed E-state index contributed by atoms with van der Waals surface area (Å²) >= 11 is 0. The Balaban J connectivity index is 1.97. The standard InChI is InChI=1S/C12H20N2O2/c1-7-10(13-3)12(16)14(7)8(2)11(15)9-5-4-6-9/h7-10,13H,4-6H2,1-3H3. The van der Waals surface area contributed by atoms with E-state index in [4.69, 9.17) is 0 Å². The highest BCUT2D eigenvalue weighted by Gasteiger charge is 2.48. The third kappa shape index (κ3) is 1.56. The maximum Gasteiger partial charge on any atom is 0.242 e. The lowest BCUT2D eigenvalue weighted by Crippen LogP contribution is -2.71. The van der Waals surface area contributed by atoms with Gasteiger partial charge < -0.3 is 10.2 Å². The van der Waals surface area contributed by atoms with Crippen LogP contribution in [0.3, 0.4) is 0 Å². The second-order valence-electron chi connectivity index (χ2n) is 4.96. The molecule has 4 heteroatoms. The Bertz CT molecular complexity index is 312. The molecule has 1 aliphatic carbocycles. The Hall–Kier alpha value is -0.900. The number of hydrogen-bond donors (Lipinski definition) is 1. The summed E-state index contributed by atoms with van der Waals surface area (Å²) in [5, 5.41) is 2.98. The molecule has 1 saturated heterocycles. The molecule has 16 heavy (non-hydrogen) atoms. The van der Waals surface area contributed by atoms with Crippen molar-refractivity contribution in [3.63, 3.8) is 0 Å². The molecule has 0 spiro atoms. The smallest absolute Gasteiger partial charge is 0.242 e. The minimum absolute atomic E-state index is 0.0650. The monoisotopic (exact) mass is 224 g/mol. The SMILES string of the molecule is CNC1C(=O)N(C(C)C(=O)C2CCC2)C1C. The van der Waals surface area contributed by atoms with Gasteiger partial charge in [0, 0.05) is 5.92 Å². The van der Waals surface area contributed by atoms with Gasteiger partial charge in [-0.2, -0.15) is 0 Å². The lowest BCUT2D eigenvalue weighted by atomic mass is 9.78. The zero-order valence-corrected chi connectivity index (χ0v) is 10.2. The molecule has 4 nitrogen and oxygen atoms in total. The number of carbonyl (C=O) groups is 2. The van der Waals surface area contributed by atoms with E-state index in [9.17, 15) is 9.59 Å². The summed E-state index contributed by atoms with van der Waals surface area (Å²) in [6.07, 6.45) is 3.18. The van der Waals surface area contributed by atoms with Crippen molar-refractivity contribution in [1.82, 2.24) is 10.2 Å². The van der Waals surface area contributed by atoms with Crippen LogP contribution < -0.4 is 5.32 Å². The summed E-state index contributed by atoms with van der Waals surface area (Å²) in [4.78, 5) is 25.5. The number of carbonyl (C=O) groups excluding carboxylic acids is 2. The summed E-state index contributed by atoms with van der Waals surface area (Å²) < 4.78 is 0. The quantitative estimate of drug-likeness (QED) is 0.710. The molecule has 0 aromatic carbocycles. The second-order valence-corrected chi connectivity index (χ2v) is 4.96. The van der Waals surface area contributed by atoms with Gasteiger partial charge in [0.25, 0.3) is 0 Å². The average molecular weight is 224 g/mol. The molecule has 1 saturated carbocycles. The molecule has 1 heterocycles. The lowest BCUT2D eigenvalue weighted by Gasteiger charge is -2.49. The van der Waals surface area contributed by atoms with Gasteiger partial charge >= 0.3 is 0 Å². The Morgan fingerprint density at radius 1 is 1.50 bits per heavy atom. The molecule has 0 aromatic heterocycles. The first kappa shape index (κ1) is 11.6. The van der Waals surface area contributed by atoms with Gasteiger partial charge in [0.2, 0.25) is 5.91 Å². The molecule has 2 rings (SSSR count). The Morgan fingerprint density at radius 3 is 2.50 bits per heavy atom. The third-order valence-corrected chi connectivity index (χ3v) is 4.09. The number of β-lactam (4-membered cyclic amide) rings is 1. The van der Waals surface area contributed by atoms with E-state index in [0.29, 0.717) is 0 Å². The summed E-state index contributed by atoms with van der Waals surface area (Å²) in [5.41, 5.74) is 0. The first-order valence-corrected chi connectivity index (χ1v) is 6.11. The molecule has 90 valence electrons. The van der Waals surface area contributed by atoms with Crippen molar-refractivity contribution in [3.05, 3.63) is 0 Å². The predicted molar refractivity (Wildman–Crippen MR) is 61.0 cm³/mol. The maximum atomic E-state index is 12.0. The van der Waals surface area contributed by atoms with E-state index in [2.05, 4.69) is 5.32 Å². The molecule has 2 fully saturated rings. The van der Waals surface area contributed by atoms with Crippen LogP contribution in [0.15, 0.2) is 0 Å². The molecule has 1 N–H and O–H groups in total. The molecule has 0 radical (unpaired) electrons. The molecule has 1 amide bonds. The molecule has 0 aromatic rings. The van der Waals surface area contributed by atoms with E-state index in [0.717, 1.165) is 19.3 Å². The molecular weight excluding hydrogens is 204 g/mol. The van der Waals surface area contributed by atoms with Crippen molar-refractivity contribution < 1.29 is 9.59 Å². The van der Waals surface area contributed by atoms with Crippen LogP contribution in [0, 0.1) is 5.92 Å². The van der Waals surface area contributed by atoms with Crippen LogP contribution in [0.4, 0.5) is 0 Å². The van der Waals surface area contributed by atoms with Crippen molar-refractivity contribution >= 4 is 11.7 Å². The second kappa shape index (κ2) is 4.17. The van der Waals surface area contributed by atoms with Gasteiger partial charge in [-0.15, -0.1) is 0 Å². The number of nitrogens with zero attached hydrogens (tertiary/aromatic N) is 1. The fourth-order valence-corrected chi connectivity index (χ4v) is 2.73. The lowest BCUT2D eigenvalue weighted by molar-refractivity contribution is -0.158. The number of amides is 1. The van der Waals surface area contributed by atoms with Gasteiger partial charge in [-0.1, -0.05) is 6.42 Å². The molecule has 2 aliphatic rings. The van der Waals surface area contributed by atoms with Crippen molar-refractivity contribution in [2.75, 3.05) is 7.05 Å². The topological polar surface area (TPSA) is 49.4 Å². The number of Topliss-reactive ketones (excluding diaryl/α,β-unsaturated/α-hetero) is 1. The highest BCUT2D eigenvalue weighted by Crippen LogP contribution is 2.31. The van der Waals surface area contributed by atoms with Gasteiger partial charge in [-0.3, -0.25) is 9.59 Å². The predicted octanol–water partition coefficient (Wildman–Crippen LogP) is 0.563. The van der Waals surface area contributed by atoms with E-state index in [1.54, 1.807) is 11.9 Å². The summed E-state index contributed by atoms with van der Waals surface area (Å²) in [6.45, 7) is 3.86.